The summed E-state index contributed by atoms with van der Waals surface area (Å²) in [6.45, 7) is 0. The smallest absolute Gasteiger partial charge is 0.190 e. The van der Waals surface area contributed by atoms with Crippen molar-refractivity contribution in [3.8, 4) is 0 Å². The van der Waals surface area contributed by atoms with Gasteiger partial charge in [-0.3, -0.25) is 0 Å². The Kier molecular flexibility index (Phi) is 1.21. The number of furan rings is 1. The van der Waals surface area contributed by atoms with Crippen molar-refractivity contribution in [1.82, 2.24) is 0 Å². The van der Waals surface area contributed by atoms with Gasteiger partial charge in [0.25, 0.3) is 0 Å². The highest BCUT2D eigenvalue weighted by Crippen LogP contribution is 2.09. The molecule has 8 heavy (non-hydrogen) atoms. The van der Waals surface area contributed by atoms with Crippen LogP contribution < -0.4 is 0 Å². The summed E-state index contributed by atoms with van der Waals surface area (Å²) in [6.07, 6.45) is 1.45. The van der Waals surface area contributed by atoms with Gasteiger partial charge < -0.3 is 4.42 Å². The first-order valence-electron chi connectivity index (χ1n) is 2.02. The Morgan fingerprint density at radius 2 is 2.62 bits per heavy atom. The van der Waals surface area contributed by atoms with Crippen molar-refractivity contribution in [3.63, 3.8) is 0 Å². The number of azide groups is 1. The zero-order chi connectivity index (χ0) is 5.82. The fraction of sp³-hybridized carbons (Fsp3) is 0. The van der Waals surface area contributed by atoms with Crippen LogP contribution in [0.15, 0.2) is 27.9 Å². The van der Waals surface area contributed by atoms with E-state index in [2.05, 4.69) is 14.4 Å². The molecule has 0 aliphatic heterocycles. The standard InChI is InChI=1S/C4H3N3O/c5-7-6-4-2-1-3-8-4/h1-3H. The predicted molar refractivity (Wildman–Crippen MR) is 27.5 cm³/mol. The van der Waals surface area contributed by atoms with Crippen LogP contribution in [0.2, 0.25) is 0 Å². The van der Waals surface area contributed by atoms with Gasteiger partial charge in [-0.15, -0.1) is 0 Å². The van der Waals surface area contributed by atoms with E-state index in [9.17, 15) is 0 Å². The lowest BCUT2D eigenvalue weighted by molar-refractivity contribution is 0.576. The van der Waals surface area contributed by atoms with Crippen LogP contribution in [0.4, 0.5) is 5.88 Å². The van der Waals surface area contributed by atoms with Gasteiger partial charge in [-0.05, 0) is 22.8 Å². The molecule has 1 aromatic rings. The first kappa shape index (κ1) is 4.74. The van der Waals surface area contributed by atoms with E-state index in [-0.39, 0.29) is 0 Å². The van der Waals surface area contributed by atoms with E-state index in [1.807, 2.05) is 0 Å². The molecule has 1 rings (SSSR count). The quantitative estimate of drug-likeness (QED) is 0.310. The van der Waals surface area contributed by atoms with E-state index in [1.54, 1.807) is 12.1 Å². The van der Waals surface area contributed by atoms with E-state index in [1.165, 1.54) is 6.26 Å². The van der Waals surface area contributed by atoms with Crippen LogP contribution in [0.5, 0.6) is 0 Å². The lowest BCUT2D eigenvalue weighted by Gasteiger charge is -1.71. The Morgan fingerprint density at radius 3 is 3.12 bits per heavy atom. The molecular formula is C4H3N3O. The molecule has 0 aliphatic carbocycles. The van der Waals surface area contributed by atoms with Gasteiger partial charge in [0.15, 0.2) is 5.88 Å². The third-order valence-electron chi connectivity index (χ3n) is 0.649. The minimum Gasteiger partial charge on any atom is -0.463 e. The topological polar surface area (TPSA) is 61.9 Å². The number of hydrogen-bond acceptors (Lipinski definition) is 2. The van der Waals surface area contributed by atoms with Gasteiger partial charge in [0.1, 0.15) is 0 Å². The molecule has 0 aliphatic rings. The summed E-state index contributed by atoms with van der Waals surface area (Å²) in [5, 5.41) is 3.18. The van der Waals surface area contributed by atoms with Gasteiger partial charge in [0.05, 0.1) is 6.26 Å². The van der Waals surface area contributed by atoms with Crippen molar-refractivity contribution >= 4 is 5.88 Å². The van der Waals surface area contributed by atoms with E-state index < -0.39 is 0 Å². The molecular weight excluding hydrogens is 106 g/mol. The Balaban J connectivity index is 2.93. The van der Waals surface area contributed by atoms with Crippen molar-refractivity contribution in [2.75, 3.05) is 0 Å². The molecule has 4 heteroatoms. The Labute approximate surface area is 45.4 Å². The summed E-state index contributed by atoms with van der Waals surface area (Å²) < 4.78 is 4.65. The lowest BCUT2D eigenvalue weighted by atomic mass is 10.6. The Morgan fingerprint density at radius 1 is 1.75 bits per heavy atom. The molecule has 0 saturated heterocycles. The minimum absolute atomic E-state index is 0.299. The summed E-state index contributed by atoms with van der Waals surface area (Å²) in [5.74, 6) is 0.299. The maximum atomic E-state index is 7.84. The zero-order valence-corrected chi connectivity index (χ0v) is 3.98. The van der Waals surface area contributed by atoms with E-state index in [0.717, 1.165) is 0 Å². The lowest BCUT2D eigenvalue weighted by Crippen LogP contribution is -1.40. The van der Waals surface area contributed by atoms with Crippen LogP contribution in [0.3, 0.4) is 0 Å². The maximum absolute atomic E-state index is 7.84. The highest BCUT2D eigenvalue weighted by atomic mass is 16.3. The SMILES string of the molecule is [N-]=[N+]=Nc1ccco1. The molecule has 40 valence electrons. The molecule has 0 saturated carbocycles. The third kappa shape index (κ3) is 0.802. The van der Waals surface area contributed by atoms with Gasteiger partial charge in [-0.1, -0.05) is 0 Å². The summed E-state index contributed by atoms with van der Waals surface area (Å²) in [6, 6.07) is 3.24. The van der Waals surface area contributed by atoms with Crippen molar-refractivity contribution < 1.29 is 4.42 Å². The minimum atomic E-state index is 0.299. The van der Waals surface area contributed by atoms with Crippen LogP contribution >= 0.6 is 0 Å². The summed E-state index contributed by atoms with van der Waals surface area (Å²) in [7, 11) is 0. The molecule has 0 amide bonds. The fourth-order valence-corrected chi connectivity index (χ4v) is 0.371. The summed E-state index contributed by atoms with van der Waals surface area (Å²) in [5.41, 5.74) is 7.84. The van der Waals surface area contributed by atoms with Crippen molar-refractivity contribution in [1.29, 1.82) is 0 Å². The highest BCUT2D eigenvalue weighted by Gasteiger charge is 1.83. The second-order valence-electron chi connectivity index (χ2n) is 1.14. The highest BCUT2D eigenvalue weighted by molar-refractivity contribution is 5.20. The van der Waals surface area contributed by atoms with Crippen LogP contribution in [0.25, 0.3) is 10.4 Å². The molecule has 0 fully saturated rings. The molecule has 1 aromatic heterocycles. The fourth-order valence-electron chi connectivity index (χ4n) is 0.371. The third-order valence-corrected chi connectivity index (χ3v) is 0.649. The molecule has 0 unspecified atom stereocenters. The van der Waals surface area contributed by atoms with E-state index >= 15 is 0 Å². The predicted octanol–water partition coefficient (Wildman–Crippen LogP) is 2.22. The average molecular weight is 109 g/mol. The van der Waals surface area contributed by atoms with Crippen molar-refractivity contribution in [3.05, 3.63) is 28.8 Å². The molecule has 0 aromatic carbocycles. The first-order valence-corrected chi connectivity index (χ1v) is 2.02. The molecule has 0 bridgehead atoms. The van der Waals surface area contributed by atoms with Crippen molar-refractivity contribution in [2.24, 2.45) is 5.11 Å². The molecule has 0 atom stereocenters. The number of hydrogen-bond donors (Lipinski definition) is 0. The van der Waals surface area contributed by atoms with Crippen LogP contribution in [0, 0.1) is 0 Å². The van der Waals surface area contributed by atoms with Gasteiger partial charge in [-0.25, -0.2) is 0 Å². The second-order valence-corrected chi connectivity index (χ2v) is 1.14. The summed E-state index contributed by atoms with van der Waals surface area (Å²) in [4.78, 5) is 2.51. The largest absolute Gasteiger partial charge is 0.463 e. The summed E-state index contributed by atoms with van der Waals surface area (Å²) >= 11 is 0. The van der Waals surface area contributed by atoms with Gasteiger partial charge in [0.2, 0.25) is 0 Å². The zero-order valence-electron chi connectivity index (χ0n) is 3.98. The normalized spacial score (nSPS) is 8.00. The molecule has 0 N–H and O–H groups in total. The first-order chi connectivity index (χ1) is 3.93. The molecule has 0 spiro atoms. The van der Waals surface area contributed by atoms with Crippen LogP contribution in [-0.4, -0.2) is 0 Å². The maximum Gasteiger partial charge on any atom is 0.190 e. The van der Waals surface area contributed by atoms with Crippen LogP contribution in [0.1, 0.15) is 0 Å². The average Bonchev–Trinajstić information content (AvgIpc) is 2.19. The molecule has 1 heterocycles. The van der Waals surface area contributed by atoms with Crippen LogP contribution in [-0.2, 0) is 0 Å². The van der Waals surface area contributed by atoms with Gasteiger partial charge >= 0.3 is 0 Å². The van der Waals surface area contributed by atoms with Gasteiger partial charge in [0, 0.05) is 4.91 Å². The van der Waals surface area contributed by atoms with E-state index in [0.29, 0.717) is 5.88 Å². The Bertz CT molecular complexity index is 197. The molecule has 0 radical (unpaired) electrons. The molecule has 4 nitrogen and oxygen atoms in total. The second kappa shape index (κ2) is 2.04. The number of nitrogens with zero attached hydrogens (tertiary/aromatic N) is 3. The Hall–Kier alpha value is -1.41. The van der Waals surface area contributed by atoms with Crippen molar-refractivity contribution in [2.45, 2.75) is 0 Å². The van der Waals surface area contributed by atoms with E-state index in [4.69, 9.17) is 5.53 Å². The number of rotatable bonds is 1. The van der Waals surface area contributed by atoms with Gasteiger partial charge in [-0.2, -0.15) is 0 Å². The monoisotopic (exact) mass is 109 g/mol.